The number of rotatable bonds is 3. The molecule has 116 valence electrons. The van der Waals surface area contributed by atoms with Crippen LogP contribution in [-0.4, -0.2) is 29.1 Å². The number of aromatic nitrogens is 2. The molecule has 21 heavy (non-hydrogen) atoms. The Morgan fingerprint density at radius 2 is 2.14 bits per heavy atom. The first kappa shape index (κ1) is 14.6. The molecule has 1 amide bonds. The van der Waals surface area contributed by atoms with E-state index in [-0.39, 0.29) is 11.9 Å². The van der Waals surface area contributed by atoms with Gasteiger partial charge >= 0.3 is 0 Å². The van der Waals surface area contributed by atoms with Crippen molar-refractivity contribution in [3.8, 4) is 0 Å². The summed E-state index contributed by atoms with van der Waals surface area (Å²) in [5, 5.41) is 6.18. The van der Waals surface area contributed by atoms with E-state index in [4.69, 9.17) is 4.98 Å². The van der Waals surface area contributed by atoms with Crippen molar-refractivity contribution < 1.29 is 4.79 Å². The summed E-state index contributed by atoms with van der Waals surface area (Å²) in [5.74, 6) is 1.75. The van der Waals surface area contributed by atoms with Crippen molar-refractivity contribution in [2.24, 2.45) is 0 Å². The first-order valence-electron chi connectivity index (χ1n) is 8.24. The fraction of sp³-hybridized carbons (Fsp3) is 0.750. The number of nitrogens with one attached hydrogen (secondary N) is 2. The Hall–Kier alpha value is -1.36. The number of amides is 1. The van der Waals surface area contributed by atoms with E-state index in [9.17, 15) is 4.79 Å². The van der Waals surface area contributed by atoms with Gasteiger partial charge in [0.15, 0.2) is 0 Å². The Balaban J connectivity index is 2.01. The molecule has 3 rings (SSSR count). The predicted molar refractivity (Wildman–Crippen MR) is 82.2 cm³/mol. The van der Waals surface area contributed by atoms with Crippen molar-refractivity contribution in [1.29, 1.82) is 0 Å². The lowest BCUT2D eigenvalue weighted by molar-refractivity contribution is -0.123. The summed E-state index contributed by atoms with van der Waals surface area (Å²) in [6.07, 6.45) is 7.30. The molecule has 0 aromatic carbocycles. The molecule has 0 bridgehead atoms. The van der Waals surface area contributed by atoms with Crippen molar-refractivity contribution in [1.82, 2.24) is 20.2 Å². The predicted octanol–water partition coefficient (Wildman–Crippen LogP) is 1.88. The largest absolute Gasteiger partial charge is 0.357 e. The maximum Gasteiger partial charge on any atom is 0.242 e. The quantitative estimate of drug-likeness (QED) is 0.893. The summed E-state index contributed by atoms with van der Waals surface area (Å²) >= 11 is 0. The second kappa shape index (κ2) is 6.18. The van der Waals surface area contributed by atoms with Gasteiger partial charge in [0.05, 0.1) is 5.69 Å². The molecule has 1 saturated carbocycles. The average molecular weight is 290 g/mol. The zero-order valence-electron chi connectivity index (χ0n) is 13.1. The third kappa shape index (κ3) is 2.71. The third-order valence-corrected chi connectivity index (χ3v) is 4.93. The average Bonchev–Trinajstić information content (AvgIpc) is 2.93. The maximum atomic E-state index is 12.2. The second-order valence-electron chi connectivity index (χ2n) is 6.29. The zero-order valence-corrected chi connectivity index (χ0v) is 13.1. The van der Waals surface area contributed by atoms with Crippen molar-refractivity contribution in [3.63, 3.8) is 0 Å². The van der Waals surface area contributed by atoms with Gasteiger partial charge in [-0.3, -0.25) is 4.79 Å². The molecule has 1 atom stereocenters. The van der Waals surface area contributed by atoms with Crippen LogP contribution in [-0.2, 0) is 17.8 Å². The molecular formula is C16H26N4O. The van der Waals surface area contributed by atoms with Crippen LogP contribution >= 0.6 is 0 Å². The van der Waals surface area contributed by atoms with Gasteiger partial charge in [0.1, 0.15) is 11.9 Å². The lowest BCUT2D eigenvalue weighted by Crippen LogP contribution is -2.32. The summed E-state index contributed by atoms with van der Waals surface area (Å²) < 4.78 is 2.24. The molecule has 2 N–H and O–H groups in total. The molecule has 0 radical (unpaired) electrons. The fourth-order valence-electron chi connectivity index (χ4n) is 3.76. The number of hydrogen-bond acceptors (Lipinski definition) is 3. The minimum atomic E-state index is -0.165. The van der Waals surface area contributed by atoms with Crippen LogP contribution in [0.3, 0.4) is 0 Å². The summed E-state index contributed by atoms with van der Waals surface area (Å²) in [6.45, 7) is 3.81. The molecule has 0 saturated heterocycles. The van der Waals surface area contributed by atoms with Gasteiger partial charge in [-0.1, -0.05) is 19.3 Å². The number of hydrogen-bond donors (Lipinski definition) is 2. The van der Waals surface area contributed by atoms with Crippen LogP contribution in [0.4, 0.5) is 0 Å². The molecule has 1 unspecified atom stereocenters. The highest BCUT2D eigenvalue weighted by Crippen LogP contribution is 2.35. The minimum absolute atomic E-state index is 0.0748. The number of imidazole rings is 1. The Kier molecular flexibility index (Phi) is 4.29. The Labute approximate surface area is 126 Å². The van der Waals surface area contributed by atoms with Gasteiger partial charge in [0.2, 0.25) is 5.91 Å². The van der Waals surface area contributed by atoms with E-state index in [0.717, 1.165) is 31.0 Å². The van der Waals surface area contributed by atoms with E-state index in [1.54, 1.807) is 7.05 Å². The number of carbonyl (C=O) groups is 1. The Morgan fingerprint density at radius 3 is 2.86 bits per heavy atom. The van der Waals surface area contributed by atoms with Gasteiger partial charge in [-0.2, -0.15) is 0 Å². The van der Waals surface area contributed by atoms with Crippen LogP contribution in [0, 0.1) is 0 Å². The SMILES string of the molecule is CNC(=O)C(C)n1c(C2CCCCC2)nc2c1CCNC2. The Bertz CT molecular complexity index is 517. The van der Waals surface area contributed by atoms with Crippen molar-refractivity contribution >= 4 is 5.91 Å². The maximum absolute atomic E-state index is 12.2. The van der Waals surface area contributed by atoms with Gasteiger partial charge in [0, 0.05) is 38.2 Å². The van der Waals surface area contributed by atoms with Crippen LogP contribution in [0.2, 0.25) is 0 Å². The van der Waals surface area contributed by atoms with Gasteiger partial charge in [-0.15, -0.1) is 0 Å². The molecule has 5 heteroatoms. The van der Waals surface area contributed by atoms with E-state index < -0.39 is 0 Å². The fourth-order valence-corrected chi connectivity index (χ4v) is 3.76. The molecular weight excluding hydrogens is 264 g/mol. The van der Waals surface area contributed by atoms with Crippen LogP contribution < -0.4 is 10.6 Å². The van der Waals surface area contributed by atoms with E-state index in [1.165, 1.54) is 37.8 Å². The highest BCUT2D eigenvalue weighted by molar-refractivity contribution is 5.79. The molecule has 1 fully saturated rings. The number of carbonyl (C=O) groups excluding carboxylic acids is 1. The van der Waals surface area contributed by atoms with Crippen LogP contribution in [0.15, 0.2) is 0 Å². The normalized spacial score (nSPS) is 20.9. The first-order valence-corrected chi connectivity index (χ1v) is 8.24. The Morgan fingerprint density at radius 1 is 1.38 bits per heavy atom. The highest BCUT2D eigenvalue weighted by Gasteiger charge is 2.30. The third-order valence-electron chi connectivity index (χ3n) is 4.93. The number of likely N-dealkylation sites (N-methyl/N-ethyl adjacent to an activating group) is 1. The summed E-state index contributed by atoms with van der Waals surface area (Å²) in [5.41, 5.74) is 2.42. The summed E-state index contributed by atoms with van der Waals surface area (Å²) in [7, 11) is 1.71. The van der Waals surface area contributed by atoms with Crippen molar-refractivity contribution in [2.45, 2.75) is 64.0 Å². The highest BCUT2D eigenvalue weighted by atomic mass is 16.2. The molecule has 2 heterocycles. The lowest BCUT2D eigenvalue weighted by atomic mass is 9.88. The van der Waals surface area contributed by atoms with Gasteiger partial charge in [-0.05, 0) is 19.8 Å². The first-order chi connectivity index (χ1) is 10.2. The van der Waals surface area contributed by atoms with E-state index in [0.29, 0.717) is 5.92 Å². The zero-order chi connectivity index (χ0) is 14.8. The van der Waals surface area contributed by atoms with E-state index in [1.807, 2.05) is 6.92 Å². The standard InChI is InChI=1S/C16H26N4O/c1-11(16(21)17-2)20-14-8-9-18-10-13(14)19-15(20)12-6-4-3-5-7-12/h11-12,18H,3-10H2,1-2H3,(H,17,21). The van der Waals surface area contributed by atoms with Crippen molar-refractivity contribution in [3.05, 3.63) is 17.2 Å². The molecule has 1 aliphatic carbocycles. The van der Waals surface area contributed by atoms with Gasteiger partial charge in [-0.25, -0.2) is 4.98 Å². The smallest absolute Gasteiger partial charge is 0.242 e. The van der Waals surface area contributed by atoms with Crippen molar-refractivity contribution in [2.75, 3.05) is 13.6 Å². The monoisotopic (exact) mass is 290 g/mol. The molecule has 5 nitrogen and oxygen atoms in total. The van der Waals surface area contributed by atoms with Crippen LogP contribution in [0.5, 0.6) is 0 Å². The van der Waals surface area contributed by atoms with E-state index in [2.05, 4.69) is 15.2 Å². The van der Waals surface area contributed by atoms with E-state index >= 15 is 0 Å². The van der Waals surface area contributed by atoms with Crippen LogP contribution in [0.25, 0.3) is 0 Å². The molecule has 1 aromatic rings. The van der Waals surface area contributed by atoms with Gasteiger partial charge < -0.3 is 15.2 Å². The number of nitrogens with zero attached hydrogens (tertiary/aromatic N) is 2. The topological polar surface area (TPSA) is 59.0 Å². The van der Waals surface area contributed by atoms with Crippen LogP contribution in [0.1, 0.15) is 68.2 Å². The molecule has 1 aromatic heterocycles. The lowest BCUT2D eigenvalue weighted by Gasteiger charge is -2.26. The second-order valence-corrected chi connectivity index (χ2v) is 6.29. The van der Waals surface area contributed by atoms with Gasteiger partial charge in [0.25, 0.3) is 0 Å². The number of fused-ring (bicyclic) bond motifs is 1. The molecule has 1 aliphatic heterocycles. The summed E-state index contributed by atoms with van der Waals surface area (Å²) in [6, 6.07) is -0.165. The summed E-state index contributed by atoms with van der Waals surface area (Å²) in [4.78, 5) is 17.1. The molecule has 0 spiro atoms. The minimum Gasteiger partial charge on any atom is -0.357 e. The molecule has 2 aliphatic rings.